The Labute approximate surface area is 139 Å². The Hall–Kier alpha value is -3.15. The second-order valence-electron chi connectivity index (χ2n) is 5.15. The number of hydrogen-bond donors (Lipinski definition) is 1. The smallest absolute Gasteiger partial charge is 0.262 e. The molecule has 0 saturated heterocycles. The molecule has 1 heterocycles. The largest absolute Gasteiger partial charge is 0.497 e. The van der Waals surface area contributed by atoms with E-state index < -0.39 is 0 Å². The van der Waals surface area contributed by atoms with Gasteiger partial charge in [-0.2, -0.15) is 5.10 Å². The minimum atomic E-state index is -0.0813. The lowest BCUT2D eigenvalue weighted by Gasteiger charge is -2.10. The molecule has 0 unspecified atom stereocenters. The highest BCUT2D eigenvalue weighted by Gasteiger charge is 2.08. The quantitative estimate of drug-likeness (QED) is 0.579. The summed E-state index contributed by atoms with van der Waals surface area (Å²) >= 11 is 0. The van der Waals surface area contributed by atoms with E-state index in [0.717, 1.165) is 11.3 Å². The third-order valence-corrected chi connectivity index (χ3v) is 3.65. The molecule has 0 aliphatic heterocycles. The molecule has 24 heavy (non-hydrogen) atoms. The van der Waals surface area contributed by atoms with Crippen LogP contribution < -0.4 is 15.7 Å². The maximum atomic E-state index is 12.5. The van der Waals surface area contributed by atoms with Crippen molar-refractivity contribution < 1.29 is 4.74 Å². The van der Waals surface area contributed by atoms with Gasteiger partial charge in [0.05, 0.1) is 24.2 Å². The predicted molar refractivity (Wildman–Crippen MR) is 95.9 cm³/mol. The van der Waals surface area contributed by atoms with Gasteiger partial charge in [0, 0.05) is 6.54 Å². The number of rotatable bonds is 5. The summed E-state index contributed by atoms with van der Waals surface area (Å²) in [5.74, 6) is 1.17. The van der Waals surface area contributed by atoms with Gasteiger partial charge in [0.2, 0.25) is 5.95 Å². The lowest BCUT2D eigenvalue weighted by atomic mass is 10.2. The molecular formula is C18H18N4O2. The third kappa shape index (κ3) is 3.12. The second kappa shape index (κ2) is 6.95. The number of methoxy groups -OCH3 is 1. The molecule has 0 radical (unpaired) electrons. The van der Waals surface area contributed by atoms with Crippen LogP contribution in [0.15, 0.2) is 58.4 Å². The van der Waals surface area contributed by atoms with E-state index in [1.54, 1.807) is 24.0 Å². The number of ether oxygens (including phenoxy) is 1. The molecule has 0 saturated carbocycles. The van der Waals surface area contributed by atoms with Crippen molar-refractivity contribution in [3.8, 4) is 5.75 Å². The van der Waals surface area contributed by atoms with Crippen molar-refractivity contribution in [1.29, 1.82) is 0 Å². The van der Waals surface area contributed by atoms with Crippen LogP contribution in [0, 0.1) is 0 Å². The minimum Gasteiger partial charge on any atom is -0.497 e. The van der Waals surface area contributed by atoms with Crippen LogP contribution in [0.4, 0.5) is 5.95 Å². The van der Waals surface area contributed by atoms with E-state index in [1.807, 2.05) is 49.4 Å². The van der Waals surface area contributed by atoms with Crippen LogP contribution in [0.1, 0.15) is 12.5 Å². The number of anilines is 1. The maximum absolute atomic E-state index is 12.5. The second-order valence-corrected chi connectivity index (χ2v) is 5.15. The minimum absolute atomic E-state index is 0.0813. The summed E-state index contributed by atoms with van der Waals surface area (Å²) in [4.78, 5) is 17.0. The monoisotopic (exact) mass is 322 g/mol. The number of nitrogens with zero attached hydrogens (tertiary/aromatic N) is 3. The lowest BCUT2D eigenvalue weighted by Crippen LogP contribution is -2.23. The highest BCUT2D eigenvalue weighted by molar-refractivity contribution is 5.81. The summed E-state index contributed by atoms with van der Waals surface area (Å²) in [5, 5.41) is 4.79. The van der Waals surface area contributed by atoms with Gasteiger partial charge in [0.15, 0.2) is 0 Å². The van der Waals surface area contributed by atoms with Crippen molar-refractivity contribution in [2.75, 3.05) is 12.5 Å². The molecule has 0 fully saturated rings. The summed E-state index contributed by atoms with van der Waals surface area (Å²) in [6, 6.07) is 14.8. The van der Waals surface area contributed by atoms with E-state index in [9.17, 15) is 4.79 Å². The Morgan fingerprint density at radius 2 is 2.08 bits per heavy atom. The molecule has 0 aliphatic rings. The number of fused-ring (bicyclic) bond motifs is 1. The number of aromatic nitrogens is 2. The Morgan fingerprint density at radius 1 is 1.25 bits per heavy atom. The standard InChI is InChI=1S/C18H18N4O2/c1-3-22-17(23)15-9-4-5-10-16(15)20-18(22)21-19-12-13-7-6-8-14(11-13)24-2/h4-12H,3H2,1-2H3,(H,20,21)/b19-12-. The summed E-state index contributed by atoms with van der Waals surface area (Å²) in [6.45, 7) is 2.41. The van der Waals surface area contributed by atoms with Crippen molar-refractivity contribution in [3.63, 3.8) is 0 Å². The van der Waals surface area contributed by atoms with Gasteiger partial charge in [-0.05, 0) is 36.8 Å². The third-order valence-electron chi connectivity index (χ3n) is 3.65. The average Bonchev–Trinajstić information content (AvgIpc) is 2.62. The fraction of sp³-hybridized carbons (Fsp3) is 0.167. The first-order chi connectivity index (χ1) is 11.7. The van der Waals surface area contributed by atoms with Gasteiger partial charge in [-0.15, -0.1) is 0 Å². The predicted octanol–water partition coefficient (Wildman–Crippen LogP) is 2.87. The Kier molecular flexibility index (Phi) is 4.56. The van der Waals surface area contributed by atoms with E-state index in [-0.39, 0.29) is 5.56 Å². The molecular weight excluding hydrogens is 304 g/mol. The molecule has 1 N–H and O–H groups in total. The van der Waals surface area contributed by atoms with Gasteiger partial charge in [-0.3, -0.25) is 9.36 Å². The van der Waals surface area contributed by atoms with Crippen LogP contribution in [0.25, 0.3) is 10.9 Å². The molecule has 0 aliphatic carbocycles. The van der Waals surface area contributed by atoms with Crippen molar-refractivity contribution in [2.24, 2.45) is 5.10 Å². The van der Waals surface area contributed by atoms with E-state index in [1.165, 1.54) is 0 Å². The molecule has 122 valence electrons. The average molecular weight is 322 g/mol. The van der Waals surface area contributed by atoms with E-state index in [4.69, 9.17) is 4.74 Å². The van der Waals surface area contributed by atoms with Gasteiger partial charge in [-0.25, -0.2) is 10.4 Å². The van der Waals surface area contributed by atoms with Gasteiger partial charge in [0.1, 0.15) is 5.75 Å². The maximum Gasteiger partial charge on any atom is 0.262 e. The SMILES string of the molecule is CCn1c(N/N=C\c2cccc(OC)c2)nc2ccccc2c1=O. The van der Waals surface area contributed by atoms with E-state index in [0.29, 0.717) is 23.4 Å². The van der Waals surface area contributed by atoms with Crippen molar-refractivity contribution >= 4 is 23.1 Å². The molecule has 0 spiro atoms. The van der Waals surface area contributed by atoms with Gasteiger partial charge < -0.3 is 4.74 Å². The fourth-order valence-electron chi connectivity index (χ4n) is 2.43. The first-order valence-electron chi connectivity index (χ1n) is 7.65. The number of hydrazone groups is 1. The van der Waals surface area contributed by atoms with Crippen LogP contribution in [-0.2, 0) is 6.54 Å². The summed E-state index contributed by atoms with van der Waals surface area (Å²) in [7, 11) is 1.62. The van der Waals surface area contributed by atoms with Crippen LogP contribution in [0.2, 0.25) is 0 Å². The van der Waals surface area contributed by atoms with Gasteiger partial charge in [0.25, 0.3) is 5.56 Å². The van der Waals surface area contributed by atoms with Crippen LogP contribution in [0.3, 0.4) is 0 Å². The normalized spacial score (nSPS) is 11.1. The Balaban J connectivity index is 1.92. The first-order valence-corrected chi connectivity index (χ1v) is 7.65. The number of para-hydroxylation sites is 1. The zero-order valence-electron chi connectivity index (χ0n) is 13.6. The molecule has 2 aromatic carbocycles. The van der Waals surface area contributed by atoms with Crippen molar-refractivity contribution in [3.05, 3.63) is 64.4 Å². The molecule has 6 nitrogen and oxygen atoms in total. The van der Waals surface area contributed by atoms with Crippen LogP contribution in [0.5, 0.6) is 5.75 Å². The Morgan fingerprint density at radius 3 is 2.88 bits per heavy atom. The van der Waals surface area contributed by atoms with Gasteiger partial charge >= 0.3 is 0 Å². The lowest BCUT2D eigenvalue weighted by molar-refractivity contribution is 0.415. The van der Waals surface area contributed by atoms with E-state index >= 15 is 0 Å². The topological polar surface area (TPSA) is 68.5 Å². The molecule has 0 atom stereocenters. The molecule has 0 bridgehead atoms. The number of hydrogen-bond acceptors (Lipinski definition) is 5. The molecule has 0 amide bonds. The van der Waals surface area contributed by atoms with Crippen molar-refractivity contribution in [1.82, 2.24) is 9.55 Å². The molecule has 3 rings (SSSR count). The number of nitrogens with one attached hydrogen (secondary N) is 1. The summed E-state index contributed by atoms with van der Waals surface area (Å²) in [5.41, 5.74) is 4.31. The zero-order chi connectivity index (χ0) is 16.9. The summed E-state index contributed by atoms with van der Waals surface area (Å²) < 4.78 is 6.74. The summed E-state index contributed by atoms with van der Waals surface area (Å²) in [6.07, 6.45) is 1.66. The highest BCUT2D eigenvalue weighted by Crippen LogP contribution is 2.12. The van der Waals surface area contributed by atoms with Crippen molar-refractivity contribution in [2.45, 2.75) is 13.5 Å². The Bertz CT molecular complexity index is 947. The highest BCUT2D eigenvalue weighted by atomic mass is 16.5. The zero-order valence-corrected chi connectivity index (χ0v) is 13.6. The molecule has 6 heteroatoms. The first kappa shape index (κ1) is 15.7. The molecule has 3 aromatic rings. The fourth-order valence-corrected chi connectivity index (χ4v) is 2.43. The molecule has 1 aromatic heterocycles. The number of benzene rings is 2. The van der Waals surface area contributed by atoms with Crippen LogP contribution in [-0.4, -0.2) is 22.9 Å². The van der Waals surface area contributed by atoms with E-state index in [2.05, 4.69) is 15.5 Å². The van der Waals surface area contributed by atoms with Gasteiger partial charge in [-0.1, -0.05) is 24.3 Å². The van der Waals surface area contributed by atoms with Crippen LogP contribution >= 0.6 is 0 Å².